The number of ether oxygens (including phenoxy) is 3. The monoisotopic (exact) mass is 284 g/mol. The molecule has 1 unspecified atom stereocenters. The minimum Gasteiger partial charge on any atom is -0.387 e. The minimum atomic E-state index is -2.03. The molecule has 0 spiro atoms. The summed E-state index contributed by atoms with van der Waals surface area (Å²) in [6.45, 7) is 1.30. The Kier molecular flexibility index (Phi) is 3.51. The zero-order chi connectivity index (χ0) is 14.3. The molecule has 0 amide bonds. The first-order valence-electron chi connectivity index (χ1n) is 6.53. The molecule has 2 aliphatic rings. The maximum Gasteiger partial charge on any atom is 0.197 e. The van der Waals surface area contributed by atoms with Gasteiger partial charge < -0.3 is 24.4 Å². The zero-order valence-corrected chi connectivity index (χ0v) is 11.0. The van der Waals surface area contributed by atoms with Crippen LogP contribution in [0, 0.1) is 0 Å². The van der Waals surface area contributed by atoms with E-state index in [9.17, 15) is 14.6 Å². The fourth-order valence-electron chi connectivity index (χ4n) is 2.59. The number of aliphatic hydroxyl groups excluding tert-OH is 1. The molecule has 5 nitrogen and oxygen atoms in total. The molecule has 1 aromatic carbocycles. The highest BCUT2D eigenvalue weighted by molar-refractivity contribution is 5.16. The number of fused-ring (bicyclic) bond motifs is 1. The highest BCUT2D eigenvalue weighted by atomic mass is 19.1. The number of aliphatic hydroxyl groups is 2. The molecule has 0 saturated carbocycles. The van der Waals surface area contributed by atoms with E-state index in [4.69, 9.17) is 14.2 Å². The Labute approximate surface area is 115 Å². The van der Waals surface area contributed by atoms with Crippen molar-refractivity contribution in [3.05, 3.63) is 35.9 Å². The first kappa shape index (κ1) is 13.9. The summed E-state index contributed by atoms with van der Waals surface area (Å²) in [6.07, 6.45) is -5.64. The van der Waals surface area contributed by atoms with Gasteiger partial charge in [0.1, 0.15) is 18.3 Å². The first-order valence-corrected chi connectivity index (χ1v) is 6.53. The van der Waals surface area contributed by atoms with Crippen LogP contribution in [0.4, 0.5) is 4.39 Å². The van der Waals surface area contributed by atoms with Crippen molar-refractivity contribution in [2.75, 3.05) is 6.61 Å². The maximum absolute atomic E-state index is 13.9. The van der Waals surface area contributed by atoms with Crippen LogP contribution < -0.4 is 0 Å². The third-order valence-electron chi connectivity index (χ3n) is 3.67. The van der Waals surface area contributed by atoms with Crippen molar-refractivity contribution in [1.82, 2.24) is 0 Å². The predicted molar refractivity (Wildman–Crippen MR) is 66.4 cm³/mol. The number of hydrogen-bond donors (Lipinski definition) is 2. The second-order valence-electron chi connectivity index (χ2n) is 5.28. The molecule has 2 N–H and O–H groups in total. The fraction of sp³-hybridized carbons (Fsp3) is 0.571. The van der Waals surface area contributed by atoms with Gasteiger partial charge in [-0.3, -0.25) is 0 Å². The number of rotatable bonds is 1. The molecule has 2 fully saturated rings. The molecule has 6 atom stereocenters. The molecule has 0 aromatic heterocycles. The second-order valence-corrected chi connectivity index (χ2v) is 5.28. The van der Waals surface area contributed by atoms with Crippen LogP contribution in [0.15, 0.2) is 30.3 Å². The van der Waals surface area contributed by atoms with Gasteiger partial charge in [-0.15, -0.1) is 0 Å². The van der Waals surface area contributed by atoms with Gasteiger partial charge in [-0.25, -0.2) is 4.39 Å². The molecule has 6 heteroatoms. The van der Waals surface area contributed by atoms with E-state index in [0.29, 0.717) is 0 Å². The van der Waals surface area contributed by atoms with E-state index >= 15 is 0 Å². The lowest BCUT2D eigenvalue weighted by atomic mass is 9.94. The Bertz CT molecular complexity index is 464. The number of halogens is 1. The largest absolute Gasteiger partial charge is 0.387 e. The molecule has 1 aromatic rings. The van der Waals surface area contributed by atoms with Crippen molar-refractivity contribution in [2.45, 2.75) is 43.5 Å². The topological polar surface area (TPSA) is 68.2 Å². The van der Waals surface area contributed by atoms with Crippen LogP contribution in [0.5, 0.6) is 0 Å². The zero-order valence-electron chi connectivity index (χ0n) is 11.0. The summed E-state index contributed by atoms with van der Waals surface area (Å²) >= 11 is 0. The molecule has 2 heterocycles. The van der Waals surface area contributed by atoms with Gasteiger partial charge in [-0.05, 0) is 6.92 Å². The molecule has 3 rings (SSSR count). The van der Waals surface area contributed by atoms with Gasteiger partial charge in [0.25, 0.3) is 0 Å². The molecule has 2 aliphatic heterocycles. The molecule has 0 aliphatic carbocycles. The van der Waals surface area contributed by atoms with Gasteiger partial charge in [0.05, 0.1) is 6.61 Å². The van der Waals surface area contributed by atoms with E-state index in [2.05, 4.69) is 0 Å². The lowest BCUT2D eigenvalue weighted by Gasteiger charge is -2.48. The first-order chi connectivity index (χ1) is 9.49. The van der Waals surface area contributed by atoms with Gasteiger partial charge in [-0.1, -0.05) is 30.3 Å². The van der Waals surface area contributed by atoms with Gasteiger partial charge in [0, 0.05) is 5.56 Å². The van der Waals surface area contributed by atoms with Crippen molar-refractivity contribution >= 4 is 0 Å². The lowest BCUT2D eigenvalue weighted by molar-refractivity contribution is -0.378. The average Bonchev–Trinajstić information content (AvgIpc) is 2.45. The van der Waals surface area contributed by atoms with Crippen LogP contribution in [0.25, 0.3) is 0 Å². The Morgan fingerprint density at radius 2 is 2.00 bits per heavy atom. The van der Waals surface area contributed by atoms with Crippen LogP contribution in [0.3, 0.4) is 0 Å². The van der Waals surface area contributed by atoms with E-state index in [1.165, 1.54) is 6.92 Å². The van der Waals surface area contributed by atoms with E-state index in [0.717, 1.165) is 5.56 Å². The van der Waals surface area contributed by atoms with Crippen LogP contribution in [-0.4, -0.2) is 47.1 Å². The Morgan fingerprint density at radius 1 is 1.30 bits per heavy atom. The molecule has 20 heavy (non-hydrogen) atoms. The van der Waals surface area contributed by atoms with Gasteiger partial charge in [0.15, 0.2) is 18.2 Å². The lowest BCUT2D eigenvalue weighted by Crippen LogP contribution is -2.64. The highest BCUT2D eigenvalue weighted by Gasteiger charge is 2.54. The molecule has 0 radical (unpaired) electrons. The summed E-state index contributed by atoms with van der Waals surface area (Å²) in [5, 5.41) is 19.7. The van der Waals surface area contributed by atoms with Gasteiger partial charge >= 0.3 is 0 Å². The number of benzene rings is 1. The van der Waals surface area contributed by atoms with E-state index in [-0.39, 0.29) is 6.61 Å². The fourth-order valence-corrected chi connectivity index (χ4v) is 2.59. The SMILES string of the molecule is C[C@]1(O)O[C@@H]2COC(c3ccccc3)O[C@H]2[C@@H](O)[C@H]1F. The summed E-state index contributed by atoms with van der Waals surface area (Å²) in [5.41, 5.74) is 0.783. The summed E-state index contributed by atoms with van der Waals surface area (Å²) in [7, 11) is 0. The van der Waals surface area contributed by atoms with E-state index in [1.54, 1.807) is 0 Å². The Balaban J connectivity index is 1.78. The van der Waals surface area contributed by atoms with Crippen LogP contribution in [0.1, 0.15) is 18.8 Å². The van der Waals surface area contributed by atoms with Crippen molar-refractivity contribution in [1.29, 1.82) is 0 Å². The quantitative estimate of drug-likeness (QED) is 0.802. The summed E-state index contributed by atoms with van der Waals surface area (Å²) in [4.78, 5) is 0. The predicted octanol–water partition coefficient (Wildman–Crippen LogP) is 0.907. The Hall–Kier alpha value is -1.05. The van der Waals surface area contributed by atoms with Crippen LogP contribution >= 0.6 is 0 Å². The summed E-state index contributed by atoms with van der Waals surface area (Å²) in [5.74, 6) is -2.03. The van der Waals surface area contributed by atoms with Gasteiger partial charge in [-0.2, -0.15) is 0 Å². The number of hydrogen-bond acceptors (Lipinski definition) is 5. The van der Waals surface area contributed by atoms with Crippen molar-refractivity contribution in [2.24, 2.45) is 0 Å². The molecule has 2 saturated heterocycles. The van der Waals surface area contributed by atoms with E-state index < -0.39 is 36.6 Å². The maximum atomic E-state index is 13.9. The summed E-state index contributed by atoms with van der Waals surface area (Å²) in [6, 6.07) is 9.19. The van der Waals surface area contributed by atoms with Crippen LogP contribution in [-0.2, 0) is 14.2 Å². The van der Waals surface area contributed by atoms with Crippen molar-refractivity contribution in [3.63, 3.8) is 0 Å². The molecular formula is C14H17FO5. The molecular weight excluding hydrogens is 267 g/mol. The minimum absolute atomic E-state index is 0.115. The average molecular weight is 284 g/mol. The summed E-state index contributed by atoms with van der Waals surface area (Å²) < 4.78 is 30.2. The van der Waals surface area contributed by atoms with Crippen molar-refractivity contribution in [3.8, 4) is 0 Å². The van der Waals surface area contributed by atoms with E-state index in [1.807, 2.05) is 30.3 Å². The smallest absolute Gasteiger partial charge is 0.197 e. The second kappa shape index (κ2) is 5.05. The third kappa shape index (κ3) is 2.34. The third-order valence-corrected chi connectivity index (χ3v) is 3.67. The van der Waals surface area contributed by atoms with Gasteiger partial charge in [0.2, 0.25) is 0 Å². The molecule has 0 bridgehead atoms. The standard InChI is InChI=1S/C14H17FO5/c1-14(17)12(15)10(16)11-9(20-14)7-18-13(19-11)8-5-3-2-4-6-8/h2-6,9-13,16-17H,7H2,1H3/t9-,10-,11-,12-,13?,14+/m1/s1. The van der Waals surface area contributed by atoms with Crippen molar-refractivity contribution < 1.29 is 28.8 Å². The Morgan fingerprint density at radius 3 is 2.70 bits per heavy atom. The number of alkyl halides is 1. The van der Waals surface area contributed by atoms with Crippen LogP contribution in [0.2, 0.25) is 0 Å². The molecule has 110 valence electrons. The normalized spacial score (nSPS) is 44.9. The highest BCUT2D eigenvalue weighted by Crippen LogP contribution is 2.37.